The fourth-order valence-electron chi connectivity index (χ4n) is 0.715. The minimum atomic E-state index is -4.01. The first kappa shape index (κ1) is 10.7. The van der Waals surface area contributed by atoms with Gasteiger partial charge in [0, 0.05) is 4.90 Å². The summed E-state index contributed by atoms with van der Waals surface area (Å²) < 4.78 is 23.0. The predicted molar refractivity (Wildman–Crippen MR) is 49.2 cm³/mol. The molecule has 0 fully saturated rings. The molecule has 0 aromatic heterocycles. The molecule has 1 aromatic rings. The van der Waals surface area contributed by atoms with Gasteiger partial charge in [0.15, 0.2) is 0 Å². The van der Waals surface area contributed by atoms with Crippen molar-refractivity contribution in [3.8, 4) is 0 Å². The van der Waals surface area contributed by atoms with Gasteiger partial charge in [0.1, 0.15) is 11.3 Å². The molecule has 1 aromatic carbocycles. The average molecular weight is 222 g/mol. The largest absolute Gasteiger partial charge is 0.335 e. The fourth-order valence-corrected chi connectivity index (χ4v) is 2.36. The van der Waals surface area contributed by atoms with Crippen LogP contribution >= 0.6 is 19.4 Å². The lowest BCUT2D eigenvalue weighted by Gasteiger charge is -2.02. The molecule has 6 heteroatoms. The van der Waals surface area contributed by atoms with Gasteiger partial charge in [0.05, 0.1) is 0 Å². The molecule has 0 aliphatic rings. The van der Waals surface area contributed by atoms with Gasteiger partial charge in [-0.2, -0.15) is 0 Å². The van der Waals surface area contributed by atoms with Crippen LogP contribution in [0.1, 0.15) is 0 Å². The van der Waals surface area contributed by atoms with Crippen LogP contribution in [0.3, 0.4) is 0 Å². The van der Waals surface area contributed by atoms with Gasteiger partial charge in [0.2, 0.25) is 0 Å². The second-order valence-corrected chi connectivity index (χ2v) is 5.52. The lowest BCUT2D eigenvalue weighted by atomic mass is 10.4. The van der Waals surface area contributed by atoms with Crippen LogP contribution in [0.25, 0.3) is 0 Å². The van der Waals surface area contributed by atoms with E-state index in [4.69, 9.17) is 9.79 Å². The third-order valence-corrected chi connectivity index (χ3v) is 3.64. The maximum atomic E-state index is 12.6. The van der Waals surface area contributed by atoms with Crippen LogP contribution in [0, 0.1) is 5.82 Å². The van der Waals surface area contributed by atoms with Crippen LogP contribution in [-0.2, 0) is 4.57 Å². The number of hydrogen-bond acceptors (Lipinski definition) is 2. The Balaban J connectivity index is 2.60. The lowest BCUT2D eigenvalue weighted by Crippen LogP contribution is -1.82. The van der Waals surface area contributed by atoms with Gasteiger partial charge in [-0.1, -0.05) is 6.07 Å². The van der Waals surface area contributed by atoms with Crippen molar-refractivity contribution in [1.29, 1.82) is 0 Å². The molecule has 0 unspecified atom stereocenters. The normalized spacial score (nSPS) is 11.6. The van der Waals surface area contributed by atoms with Crippen molar-refractivity contribution in [1.82, 2.24) is 0 Å². The summed E-state index contributed by atoms with van der Waals surface area (Å²) in [6.45, 7) is 0. The minimum Gasteiger partial charge on any atom is -0.324 e. The van der Waals surface area contributed by atoms with Crippen LogP contribution in [0.5, 0.6) is 0 Å². The zero-order chi connectivity index (χ0) is 9.90. The van der Waals surface area contributed by atoms with Gasteiger partial charge in [0.25, 0.3) is 0 Å². The molecular weight excluding hydrogens is 214 g/mol. The van der Waals surface area contributed by atoms with E-state index < -0.39 is 13.4 Å². The Kier molecular flexibility index (Phi) is 3.50. The van der Waals surface area contributed by atoms with Crippen molar-refractivity contribution in [2.45, 2.75) is 4.90 Å². The Labute approximate surface area is 79.1 Å². The molecule has 0 saturated heterocycles. The number of benzene rings is 1. The summed E-state index contributed by atoms with van der Waals surface area (Å²) in [5.74, 6) is -0.407. The van der Waals surface area contributed by atoms with E-state index in [1.54, 1.807) is 6.07 Å². The second kappa shape index (κ2) is 4.24. The van der Waals surface area contributed by atoms with Gasteiger partial charge < -0.3 is 9.79 Å². The molecule has 0 amide bonds. The number of thioether (sulfide) groups is 1. The standard InChI is InChI=1S/C7H8FO3PS/c8-6-2-1-3-7(4-6)13-5-12(9,10)11/h1-4H,5H2,(H2,9,10,11). The molecule has 3 nitrogen and oxygen atoms in total. The summed E-state index contributed by atoms with van der Waals surface area (Å²) in [5, 5.41) is 0. The Morgan fingerprint density at radius 2 is 2.15 bits per heavy atom. The van der Waals surface area contributed by atoms with E-state index in [1.165, 1.54) is 18.2 Å². The molecule has 0 aliphatic heterocycles. The Hall–Kier alpha value is -0.350. The van der Waals surface area contributed by atoms with Crippen molar-refractivity contribution in [2.24, 2.45) is 0 Å². The molecule has 0 radical (unpaired) electrons. The summed E-state index contributed by atoms with van der Waals surface area (Å²) >= 11 is 0.938. The van der Waals surface area contributed by atoms with E-state index in [9.17, 15) is 8.96 Å². The van der Waals surface area contributed by atoms with Gasteiger partial charge in [-0.3, -0.25) is 4.57 Å². The smallest absolute Gasteiger partial charge is 0.324 e. The van der Waals surface area contributed by atoms with E-state index in [2.05, 4.69) is 0 Å². The summed E-state index contributed by atoms with van der Waals surface area (Å²) in [6, 6.07) is 5.61. The molecule has 72 valence electrons. The van der Waals surface area contributed by atoms with Gasteiger partial charge in [-0.05, 0) is 18.2 Å². The van der Waals surface area contributed by atoms with E-state index in [1.807, 2.05) is 0 Å². The molecule has 0 heterocycles. The van der Waals surface area contributed by atoms with Gasteiger partial charge in [-0.15, -0.1) is 11.8 Å². The molecule has 0 saturated carbocycles. The fraction of sp³-hybridized carbons (Fsp3) is 0.143. The Morgan fingerprint density at radius 3 is 2.69 bits per heavy atom. The van der Waals surface area contributed by atoms with Crippen LogP contribution < -0.4 is 0 Å². The van der Waals surface area contributed by atoms with Gasteiger partial charge >= 0.3 is 7.60 Å². The Morgan fingerprint density at radius 1 is 1.46 bits per heavy atom. The van der Waals surface area contributed by atoms with Crippen molar-refractivity contribution in [3.63, 3.8) is 0 Å². The predicted octanol–water partition coefficient (Wildman–Crippen LogP) is 2.05. The lowest BCUT2D eigenvalue weighted by molar-refractivity contribution is 0.379. The van der Waals surface area contributed by atoms with Crippen LogP contribution in [0.2, 0.25) is 0 Å². The third kappa shape index (κ3) is 4.43. The highest BCUT2D eigenvalue weighted by Gasteiger charge is 2.12. The van der Waals surface area contributed by atoms with Crippen LogP contribution in [0.15, 0.2) is 29.2 Å². The van der Waals surface area contributed by atoms with Gasteiger partial charge in [-0.25, -0.2) is 4.39 Å². The zero-order valence-corrected chi connectivity index (χ0v) is 8.26. The monoisotopic (exact) mass is 222 g/mol. The number of rotatable bonds is 3. The molecule has 13 heavy (non-hydrogen) atoms. The summed E-state index contributed by atoms with van der Waals surface area (Å²) in [7, 11) is -4.01. The first-order valence-electron chi connectivity index (χ1n) is 3.40. The topological polar surface area (TPSA) is 57.5 Å². The molecule has 2 N–H and O–H groups in total. The summed E-state index contributed by atoms with van der Waals surface area (Å²) in [6.07, 6.45) is 0. The second-order valence-electron chi connectivity index (χ2n) is 2.40. The minimum absolute atomic E-state index is 0.323. The molecular formula is C7H8FO3PS. The highest BCUT2D eigenvalue weighted by atomic mass is 32.2. The van der Waals surface area contributed by atoms with Crippen LogP contribution in [-0.4, -0.2) is 15.3 Å². The first-order valence-corrected chi connectivity index (χ1v) is 6.19. The molecule has 0 bridgehead atoms. The molecule has 0 aliphatic carbocycles. The van der Waals surface area contributed by atoms with E-state index in [0.29, 0.717) is 4.90 Å². The average Bonchev–Trinajstić information content (AvgIpc) is 2.00. The molecule has 1 rings (SSSR count). The van der Waals surface area contributed by atoms with E-state index in [0.717, 1.165) is 11.8 Å². The quantitative estimate of drug-likeness (QED) is 0.607. The molecule has 0 atom stereocenters. The van der Waals surface area contributed by atoms with E-state index >= 15 is 0 Å². The third-order valence-electron chi connectivity index (χ3n) is 1.20. The Bertz CT molecular complexity index is 338. The van der Waals surface area contributed by atoms with Crippen molar-refractivity contribution < 1.29 is 18.7 Å². The summed E-state index contributed by atoms with van der Waals surface area (Å²) in [4.78, 5) is 17.6. The number of halogens is 1. The molecule has 0 spiro atoms. The van der Waals surface area contributed by atoms with Crippen molar-refractivity contribution in [3.05, 3.63) is 30.1 Å². The highest BCUT2D eigenvalue weighted by Crippen LogP contribution is 2.41. The number of hydrogen-bond donors (Lipinski definition) is 2. The van der Waals surface area contributed by atoms with Crippen molar-refractivity contribution in [2.75, 3.05) is 5.49 Å². The SMILES string of the molecule is O=P(O)(O)CSc1cccc(F)c1. The highest BCUT2D eigenvalue weighted by molar-refractivity contribution is 8.04. The van der Waals surface area contributed by atoms with Crippen LogP contribution in [0.4, 0.5) is 4.39 Å². The maximum Gasteiger partial charge on any atom is 0.335 e. The van der Waals surface area contributed by atoms with E-state index in [-0.39, 0.29) is 5.49 Å². The zero-order valence-electron chi connectivity index (χ0n) is 6.55. The maximum absolute atomic E-state index is 12.6. The summed E-state index contributed by atoms with van der Waals surface area (Å²) in [5.41, 5.74) is -0.323. The van der Waals surface area contributed by atoms with Crippen molar-refractivity contribution >= 4 is 19.4 Å². The first-order chi connectivity index (χ1) is 5.97.